The van der Waals surface area contributed by atoms with Crippen molar-refractivity contribution in [2.45, 2.75) is 6.61 Å². The van der Waals surface area contributed by atoms with E-state index >= 15 is 0 Å². The van der Waals surface area contributed by atoms with Gasteiger partial charge >= 0.3 is 0 Å². The summed E-state index contributed by atoms with van der Waals surface area (Å²) in [4.78, 5) is 12.5. The number of nitriles is 1. The molecule has 0 saturated carbocycles. The summed E-state index contributed by atoms with van der Waals surface area (Å²) in [6, 6.07) is 19.4. The minimum atomic E-state index is -0.614. The van der Waals surface area contributed by atoms with E-state index < -0.39 is 5.91 Å². The molecule has 0 bridgehead atoms. The standard InChI is InChI=1S/C23H14BrCl3N2O2/c24-18-11-15(6-9-21(18)31-13-14-4-7-17(25)8-5-14)10-16(12-28)23(30)29-22-19(26)2-1-3-20(22)27/h1-11H,13H2,(H,29,30)/b16-10+. The topological polar surface area (TPSA) is 62.1 Å². The van der Waals surface area contributed by atoms with Crippen molar-refractivity contribution in [3.63, 3.8) is 0 Å². The molecule has 8 heteroatoms. The number of hydrogen-bond acceptors (Lipinski definition) is 3. The van der Waals surface area contributed by atoms with Crippen molar-refractivity contribution in [1.29, 1.82) is 5.26 Å². The lowest BCUT2D eigenvalue weighted by molar-refractivity contribution is -0.112. The number of rotatable bonds is 6. The van der Waals surface area contributed by atoms with Crippen molar-refractivity contribution < 1.29 is 9.53 Å². The fraction of sp³-hybridized carbons (Fsp3) is 0.0435. The van der Waals surface area contributed by atoms with Crippen molar-refractivity contribution in [2.75, 3.05) is 5.32 Å². The molecule has 4 nitrogen and oxygen atoms in total. The monoisotopic (exact) mass is 534 g/mol. The molecule has 31 heavy (non-hydrogen) atoms. The molecule has 0 aliphatic heterocycles. The molecule has 0 aliphatic carbocycles. The number of benzene rings is 3. The van der Waals surface area contributed by atoms with Crippen LogP contribution in [0.4, 0.5) is 5.69 Å². The van der Waals surface area contributed by atoms with Gasteiger partial charge in [0.05, 0.1) is 20.2 Å². The van der Waals surface area contributed by atoms with Gasteiger partial charge < -0.3 is 10.1 Å². The van der Waals surface area contributed by atoms with Crippen LogP contribution in [0.3, 0.4) is 0 Å². The number of hydrogen-bond donors (Lipinski definition) is 1. The quantitative estimate of drug-likeness (QED) is 0.262. The molecule has 1 amide bonds. The predicted molar refractivity (Wildman–Crippen MR) is 129 cm³/mol. The highest BCUT2D eigenvalue weighted by Crippen LogP contribution is 2.31. The van der Waals surface area contributed by atoms with Crippen LogP contribution in [0, 0.1) is 11.3 Å². The van der Waals surface area contributed by atoms with Crippen LogP contribution in [0.5, 0.6) is 5.75 Å². The Morgan fingerprint density at radius 2 is 1.74 bits per heavy atom. The minimum absolute atomic E-state index is 0.0993. The number of carbonyl (C=O) groups is 1. The van der Waals surface area contributed by atoms with Crippen LogP contribution in [0.15, 0.2) is 70.7 Å². The van der Waals surface area contributed by atoms with E-state index in [1.165, 1.54) is 6.08 Å². The van der Waals surface area contributed by atoms with E-state index in [2.05, 4.69) is 21.2 Å². The zero-order valence-electron chi connectivity index (χ0n) is 15.8. The van der Waals surface area contributed by atoms with Crippen molar-refractivity contribution >= 4 is 68.4 Å². The number of anilines is 1. The SMILES string of the molecule is N#C/C(=C\c1ccc(OCc2ccc(Cl)cc2)c(Br)c1)C(=O)Nc1c(Cl)cccc1Cl. The summed E-state index contributed by atoms with van der Waals surface area (Å²) < 4.78 is 6.50. The molecule has 3 aromatic carbocycles. The molecular formula is C23H14BrCl3N2O2. The summed E-state index contributed by atoms with van der Waals surface area (Å²) in [6.07, 6.45) is 1.47. The van der Waals surface area contributed by atoms with E-state index in [-0.39, 0.29) is 21.3 Å². The molecule has 0 heterocycles. The van der Waals surface area contributed by atoms with Gasteiger partial charge in [0.1, 0.15) is 24.0 Å². The maximum absolute atomic E-state index is 12.5. The first-order valence-electron chi connectivity index (χ1n) is 8.91. The van der Waals surface area contributed by atoms with E-state index in [4.69, 9.17) is 39.5 Å². The summed E-state index contributed by atoms with van der Waals surface area (Å²) in [5, 5.41) is 13.2. The number of amides is 1. The zero-order valence-corrected chi connectivity index (χ0v) is 19.7. The number of ether oxygens (including phenoxy) is 1. The van der Waals surface area contributed by atoms with Gasteiger partial charge in [-0.2, -0.15) is 5.26 Å². The third-order valence-electron chi connectivity index (χ3n) is 4.14. The van der Waals surface area contributed by atoms with E-state index in [0.717, 1.165) is 5.56 Å². The Hall–Kier alpha value is -2.49. The molecule has 0 fully saturated rings. The summed E-state index contributed by atoms with van der Waals surface area (Å²) in [5.41, 5.74) is 1.77. The van der Waals surface area contributed by atoms with Crippen LogP contribution in [0.25, 0.3) is 6.08 Å². The highest BCUT2D eigenvalue weighted by atomic mass is 79.9. The number of para-hydroxylation sites is 1. The van der Waals surface area contributed by atoms with Gasteiger partial charge in [-0.15, -0.1) is 0 Å². The largest absolute Gasteiger partial charge is 0.488 e. The van der Waals surface area contributed by atoms with Crippen LogP contribution >= 0.6 is 50.7 Å². The van der Waals surface area contributed by atoms with E-state index in [0.29, 0.717) is 27.4 Å². The molecular weight excluding hydrogens is 523 g/mol. The first-order valence-corrected chi connectivity index (χ1v) is 10.8. The van der Waals surface area contributed by atoms with Crippen molar-refractivity contribution in [3.8, 4) is 11.8 Å². The van der Waals surface area contributed by atoms with Crippen LogP contribution in [-0.4, -0.2) is 5.91 Å². The Kier molecular flexibility index (Phi) is 8.00. The fourth-order valence-corrected chi connectivity index (χ4v) is 3.71. The molecule has 0 unspecified atom stereocenters. The maximum atomic E-state index is 12.5. The van der Waals surface area contributed by atoms with Crippen molar-refractivity contribution in [3.05, 3.63) is 96.9 Å². The Morgan fingerprint density at radius 3 is 2.35 bits per heavy atom. The number of nitrogens with one attached hydrogen (secondary N) is 1. The fourth-order valence-electron chi connectivity index (χ4n) is 2.58. The minimum Gasteiger partial charge on any atom is -0.488 e. The zero-order chi connectivity index (χ0) is 22.4. The van der Waals surface area contributed by atoms with Gasteiger partial charge in [0, 0.05) is 5.02 Å². The molecule has 0 radical (unpaired) electrons. The second-order valence-corrected chi connectivity index (χ2v) is 8.43. The Bertz CT molecular complexity index is 1170. The number of halogens is 4. The van der Waals surface area contributed by atoms with Gasteiger partial charge in [-0.1, -0.05) is 59.1 Å². The van der Waals surface area contributed by atoms with Crippen LogP contribution in [0.2, 0.25) is 15.1 Å². The Morgan fingerprint density at radius 1 is 1.06 bits per heavy atom. The lowest BCUT2D eigenvalue weighted by atomic mass is 10.1. The van der Waals surface area contributed by atoms with Gasteiger partial charge in [0.2, 0.25) is 0 Å². The lowest BCUT2D eigenvalue weighted by Crippen LogP contribution is -2.14. The van der Waals surface area contributed by atoms with E-state index in [9.17, 15) is 10.1 Å². The average molecular weight is 537 g/mol. The van der Waals surface area contributed by atoms with E-state index in [1.807, 2.05) is 18.2 Å². The van der Waals surface area contributed by atoms with Gasteiger partial charge in [-0.25, -0.2) is 0 Å². The second-order valence-electron chi connectivity index (χ2n) is 6.33. The van der Waals surface area contributed by atoms with Crippen LogP contribution in [-0.2, 0) is 11.4 Å². The van der Waals surface area contributed by atoms with Crippen LogP contribution < -0.4 is 10.1 Å². The Balaban J connectivity index is 1.73. The summed E-state index contributed by atoms with van der Waals surface area (Å²) in [5.74, 6) is 0.00888. The lowest BCUT2D eigenvalue weighted by Gasteiger charge is -2.10. The second kappa shape index (κ2) is 10.7. The maximum Gasteiger partial charge on any atom is 0.266 e. The highest BCUT2D eigenvalue weighted by Gasteiger charge is 2.14. The molecule has 0 spiro atoms. The number of nitrogens with zero attached hydrogens (tertiary/aromatic N) is 1. The molecule has 3 rings (SSSR count). The number of carbonyl (C=O) groups excluding carboxylic acids is 1. The molecule has 0 saturated heterocycles. The summed E-state index contributed by atoms with van der Waals surface area (Å²) in [6.45, 7) is 0.370. The first-order chi connectivity index (χ1) is 14.9. The van der Waals surface area contributed by atoms with Gasteiger partial charge in [0.15, 0.2) is 0 Å². The average Bonchev–Trinajstić information content (AvgIpc) is 2.75. The molecule has 0 atom stereocenters. The van der Waals surface area contributed by atoms with Gasteiger partial charge in [0.25, 0.3) is 5.91 Å². The molecule has 156 valence electrons. The van der Waals surface area contributed by atoms with Crippen LogP contribution in [0.1, 0.15) is 11.1 Å². The van der Waals surface area contributed by atoms with Crippen molar-refractivity contribution in [1.82, 2.24) is 0 Å². The molecule has 1 N–H and O–H groups in total. The third kappa shape index (κ3) is 6.25. The van der Waals surface area contributed by atoms with Gasteiger partial charge in [-0.05, 0) is 69.5 Å². The third-order valence-corrected chi connectivity index (χ3v) is 5.64. The summed E-state index contributed by atoms with van der Waals surface area (Å²) in [7, 11) is 0. The Labute approximate surface area is 203 Å². The predicted octanol–water partition coefficient (Wildman–Crippen LogP) is 7.53. The van der Waals surface area contributed by atoms with Gasteiger partial charge in [-0.3, -0.25) is 4.79 Å². The molecule has 0 aliphatic rings. The van der Waals surface area contributed by atoms with Crippen molar-refractivity contribution in [2.24, 2.45) is 0 Å². The first kappa shape index (κ1) is 23.2. The molecule has 0 aromatic heterocycles. The highest BCUT2D eigenvalue weighted by molar-refractivity contribution is 9.10. The normalized spacial score (nSPS) is 11.0. The molecule has 3 aromatic rings. The smallest absolute Gasteiger partial charge is 0.266 e. The van der Waals surface area contributed by atoms with E-state index in [1.54, 1.807) is 48.5 Å². The summed E-state index contributed by atoms with van der Waals surface area (Å²) >= 11 is 21.5.